The number of carbonyl (C=O) groups excluding carboxylic acids is 3. The van der Waals surface area contributed by atoms with Crippen molar-refractivity contribution in [2.24, 2.45) is 0 Å². The zero-order valence-electron chi connectivity index (χ0n) is 26.7. The standard InChI is InChI=1S/C35H41N9O3/c36-22-28-6-5-19-44(28)31(45)23-37-14-13-35(34-38-40-41-39-34)29-11-9-26(32(46)42-15-1-2-16-42)20-24(29)7-8-25-21-27(10-12-30(25)35)33(47)43-17-3-4-18-43/h9-12,20-21,28,37H,1-8,13-19,23H2,(H,38,39,40,41). The van der Waals surface area contributed by atoms with Crippen molar-refractivity contribution in [3.63, 3.8) is 0 Å². The molecule has 1 aliphatic carbocycles. The van der Waals surface area contributed by atoms with Crippen molar-refractivity contribution < 1.29 is 14.4 Å². The predicted octanol–water partition coefficient (Wildman–Crippen LogP) is 2.60. The molecule has 1 unspecified atom stereocenters. The SMILES string of the molecule is N#CC1CCCN1C(=O)CNCCC1(c2nnn[nH]2)c2ccc(C(=O)N3CCCC3)cc2CCc2cc(C(=O)N3CCCC3)ccc21. The Morgan fingerprint density at radius 3 is 2.00 bits per heavy atom. The molecule has 4 heterocycles. The first kappa shape index (κ1) is 31.0. The minimum Gasteiger partial charge on any atom is -0.339 e. The number of carbonyl (C=O) groups is 3. The number of H-pyrrole nitrogens is 1. The van der Waals surface area contributed by atoms with Crippen molar-refractivity contribution in [1.29, 1.82) is 5.26 Å². The van der Waals surface area contributed by atoms with Gasteiger partial charge in [0.1, 0.15) is 6.04 Å². The number of nitrogens with one attached hydrogen (secondary N) is 2. The maximum Gasteiger partial charge on any atom is 0.253 e. The van der Waals surface area contributed by atoms with Crippen LogP contribution in [-0.4, -0.2) is 105 Å². The highest BCUT2D eigenvalue weighted by molar-refractivity contribution is 5.95. The number of aryl methyl sites for hydroxylation is 2. The molecule has 47 heavy (non-hydrogen) atoms. The summed E-state index contributed by atoms with van der Waals surface area (Å²) in [5.41, 5.74) is 4.60. The molecule has 12 nitrogen and oxygen atoms in total. The highest BCUT2D eigenvalue weighted by Gasteiger charge is 2.44. The molecule has 1 atom stereocenters. The Morgan fingerprint density at radius 2 is 1.47 bits per heavy atom. The van der Waals surface area contributed by atoms with Gasteiger partial charge in [-0.25, -0.2) is 5.10 Å². The van der Waals surface area contributed by atoms with Crippen molar-refractivity contribution in [2.75, 3.05) is 45.8 Å². The van der Waals surface area contributed by atoms with Crippen molar-refractivity contribution in [1.82, 2.24) is 40.6 Å². The summed E-state index contributed by atoms with van der Waals surface area (Å²) in [6.07, 6.45) is 7.53. The van der Waals surface area contributed by atoms with Crippen LogP contribution in [0, 0.1) is 11.3 Å². The van der Waals surface area contributed by atoms with E-state index in [-0.39, 0.29) is 30.3 Å². The van der Waals surface area contributed by atoms with Gasteiger partial charge in [0.05, 0.1) is 18.0 Å². The van der Waals surface area contributed by atoms with Crippen LogP contribution in [0.5, 0.6) is 0 Å². The number of benzene rings is 2. The molecule has 7 rings (SSSR count). The summed E-state index contributed by atoms with van der Waals surface area (Å²) in [5.74, 6) is 0.586. The van der Waals surface area contributed by atoms with Crippen molar-refractivity contribution in [2.45, 2.75) is 69.2 Å². The molecular formula is C35H41N9O3. The fourth-order valence-electron chi connectivity index (χ4n) is 8.07. The van der Waals surface area contributed by atoms with Gasteiger partial charge >= 0.3 is 0 Å². The van der Waals surface area contributed by atoms with Gasteiger partial charge in [-0.1, -0.05) is 12.1 Å². The van der Waals surface area contributed by atoms with Gasteiger partial charge in [0, 0.05) is 43.9 Å². The Kier molecular flexibility index (Phi) is 8.73. The Morgan fingerprint density at radius 1 is 0.872 bits per heavy atom. The largest absolute Gasteiger partial charge is 0.339 e. The molecule has 3 amide bonds. The molecule has 0 saturated carbocycles. The normalized spacial score (nSPS) is 20.1. The van der Waals surface area contributed by atoms with E-state index < -0.39 is 5.41 Å². The van der Waals surface area contributed by atoms with Crippen LogP contribution in [0.15, 0.2) is 36.4 Å². The molecule has 244 valence electrons. The third-order valence-corrected chi connectivity index (χ3v) is 10.5. The van der Waals surface area contributed by atoms with Crippen molar-refractivity contribution >= 4 is 17.7 Å². The van der Waals surface area contributed by atoms with Gasteiger partial charge in [0.15, 0.2) is 5.82 Å². The van der Waals surface area contributed by atoms with E-state index in [1.54, 1.807) is 4.90 Å². The Hall–Kier alpha value is -4.63. The van der Waals surface area contributed by atoms with E-state index in [9.17, 15) is 19.6 Å². The van der Waals surface area contributed by atoms with Crippen LogP contribution in [0.4, 0.5) is 0 Å². The number of nitriles is 1. The number of nitrogens with zero attached hydrogens (tertiary/aromatic N) is 7. The molecule has 3 aliphatic heterocycles. The number of likely N-dealkylation sites (tertiary alicyclic amines) is 3. The predicted molar refractivity (Wildman–Crippen MR) is 172 cm³/mol. The van der Waals surface area contributed by atoms with Crippen LogP contribution in [0.1, 0.15) is 93.7 Å². The van der Waals surface area contributed by atoms with Crippen LogP contribution in [0.3, 0.4) is 0 Å². The number of hydrogen-bond acceptors (Lipinski definition) is 8. The molecule has 12 heteroatoms. The zero-order chi connectivity index (χ0) is 32.4. The minimum atomic E-state index is -0.839. The molecular weight excluding hydrogens is 594 g/mol. The second kappa shape index (κ2) is 13.2. The lowest BCUT2D eigenvalue weighted by Gasteiger charge is -2.35. The number of amides is 3. The third kappa shape index (κ3) is 5.78. The highest BCUT2D eigenvalue weighted by Crippen LogP contribution is 2.46. The minimum absolute atomic E-state index is 0.0512. The van der Waals surface area contributed by atoms with E-state index >= 15 is 0 Å². The molecule has 4 aliphatic rings. The van der Waals surface area contributed by atoms with Crippen LogP contribution >= 0.6 is 0 Å². The quantitative estimate of drug-likeness (QED) is 0.359. The van der Waals surface area contributed by atoms with E-state index in [1.165, 1.54) is 0 Å². The van der Waals surface area contributed by atoms with Crippen LogP contribution in [0.25, 0.3) is 0 Å². The molecule has 1 aromatic heterocycles. The molecule has 3 saturated heterocycles. The Labute approximate surface area is 274 Å². The molecule has 2 aromatic carbocycles. The first-order chi connectivity index (χ1) is 23.0. The Balaban J connectivity index is 1.26. The van der Waals surface area contributed by atoms with E-state index in [0.29, 0.717) is 55.7 Å². The van der Waals surface area contributed by atoms with Crippen LogP contribution in [-0.2, 0) is 23.1 Å². The van der Waals surface area contributed by atoms with Gasteiger partial charge in [-0.3, -0.25) is 14.4 Å². The summed E-state index contributed by atoms with van der Waals surface area (Å²) in [6, 6.07) is 13.9. The van der Waals surface area contributed by atoms with Crippen LogP contribution < -0.4 is 5.32 Å². The highest BCUT2D eigenvalue weighted by atomic mass is 16.2. The summed E-state index contributed by atoms with van der Waals surface area (Å²) in [4.78, 5) is 45.5. The lowest BCUT2D eigenvalue weighted by atomic mass is 9.69. The number of aromatic nitrogens is 4. The van der Waals surface area contributed by atoms with E-state index in [4.69, 9.17) is 0 Å². The van der Waals surface area contributed by atoms with Gasteiger partial charge < -0.3 is 20.0 Å². The van der Waals surface area contributed by atoms with Gasteiger partial charge in [0.2, 0.25) is 5.91 Å². The van der Waals surface area contributed by atoms with E-state index in [0.717, 1.165) is 80.5 Å². The lowest BCUT2D eigenvalue weighted by Crippen LogP contribution is -2.42. The number of hydrogen-bond donors (Lipinski definition) is 2. The second-order valence-electron chi connectivity index (χ2n) is 13.2. The van der Waals surface area contributed by atoms with Gasteiger partial charge in [-0.2, -0.15) is 5.26 Å². The fraction of sp³-hybridized carbons (Fsp3) is 0.514. The maximum absolute atomic E-state index is 13.5. The average Bonchev–Trinajstić information content (AvgIpc) is 3.94. The summed E-state index contributed by atoms with van der Waals surface area (Å²) >= 11 is 0. The second-order valence-corrected chi connectivity index (χ2v) is 13.2. The smallest absolute Gasteiger partial charge is 0.253 e. The van der Waals surface area contributed by atoms with Crippen molar-refractivity contribution in [3.8, 4) is 6.07 Å². The van der Waals surface area contributed by atoms with Gasteiger partial charge in [-0.05, 0) is 121 Å². The average molecular weight is 636 g/mol. The number of rotatable bonds is 8. The molecule has 0 spiro atoms. The van der Waals surface area contributed by atoms with Gasteiger partial charge in [0.25, 0.3) is 11.8 Å². The molecule has 3 fully saturated rings. The zero-order valence-corrected chi connectivity index (χ0v) is 26.7. The molecule has 0 bridgehead atoms. The molecule has 3 aromatic rings. The summed E-state index contributed by atoms with van der Waals surface area (Å²) < 4.78 is 0. The summed E-state index contributed by atoms with van der Waals surface area (Å²) in [6.45, 7) is 4.29. The third-order valence-electron chi connectivity index (χ3n) is 10.5. The van der Waals surface area contributed by atoms with E-state index in [2.05, 4.69) is 32.0 Å². The number of fused-ring (bicyclic) bond motifs is 2. The lowest BCUT2D eigenvalue weighted by molar-refractivity contribution is -0.130. The monoisotopic (exact) mass is 635 g/mol. The summed E-state index contributed by atoms with van der Waals surface area (Å²) in [5, 5.41) is 28.4. The molecule has 0 radical (unpaired) electrons. The first-order valence-corrected chi connectivity index (χ1v) is 17.0. The number of tetrazole rings is 1. The topological polar surface area (TPSA) is 151 Å². The summed E-state index contributed by atoms with van der Waals surface area (Å²) in [7, 11) is 0. The van der Waals surface area contributed by atoms with Gasteiger partial charge in [-0.15, -0.1) is 5.10 Å². The fourth-order valence-corrected chi connectivity index (χ4v) is 8.07. The molecule has 2 N–H and O–H groups in total. The maximum atomic E-state index is 13.5. The number of aromatic amines is 1. The van der Waals surface area contributed by atoms with Crippen LogP contribution in [0.2, 0.25) is 0 Å². The van der Waals surface area contributed by atoms with E-state index in [1.807, 2.05) is 46.2 Å². The first-order valence-electron chi connectivity index (χ1n) is 17.0. The Bertz CT molecular complexity index is 1610. The van der Waals surface area contributed by atoms with Crippen molar-refractivity contribution in [3.05, 3.63) is 75.6 Å².